The van der Waals surface area contributed by atoms with Gasteiger partial charge in [0.15, 0.2) is 0 Å². The first-order chi connectivity index (χ1) is 11.3. The average molecular weight is 477 g/mol. The minimum atomic E-state index is -3.68. The normalized spacial score (nSPS) is 11.1. The molecule has 0 aliphatic carbocycles. The molecule has 0 saturated carbocycles. The van der Waals surface area contributed by atoms with E-state index >= 15 is 0 Å². The molecule has 128 valence electrons. The minimum Gasteiger partial charge on any atom is -0.338 e. The number of carbonyl (C=O) groups is 1. The van der Waals surface area contributed by atoms with Crippen molar-refractivity contribution in [2.45, 2.75) is 11.3 Å². The van der Waals surface area contributed by atoms with E-state index in [-0.39, 0.29) is 10.9 Å². The number of sulfonamides is 1. The number of carbonyl (C=O) groups excluding carboxylic acids is 1. The van der Waals surface area contributed by atoms with Gasteiger partial charge in [-0.15, -0.1) is 0 Å². The van der Waals surface area contributed by atoms with E-state index in [9.17, 15) is 13.2 Å². The second kappa shape index (κ2) is 8.11. The third-order valence-corrected chi connectivity index (χ3v) is 5.24. The molecule has 24 heavy (non-hydrogen) atoms. The molecule has 9 heteroatoms. The third kappa shape index (κ3) is 5.59. The Morgan fingerprint density at radius 2 is 1.75 bits per heavy atom. The van der Waals surface area contributed by atoms with E-state index in [1.165, 1.54) is 12.1 Å². The van der Waals surface area contributed by atoms with Crippen molar-refractivity contribution in [2.75, 3.05) is 11.9 Å². The van der Waals surface area contributed by atoms with Crippen LogP contribution < -0.4 is 15.8 Å². The maximum absolute atomic E-state index is 11.9. The Hall–Kier alpha value is -1.42. The number of nitrogens with one attached hydrogen (secondary N) is 2. The monoisotopic (exact) mass is 475 g/mol. The minimum absolute atomic E-state index is 0.0662. The molecule has 0 saturated heterocycles. The smallest absolute Gasteiger partial charge is 0.319 e. The number of primary sulfonamides is 1. The fourth-order valence-electron chi connectivity index (χ4n) is 1.93. The van der Waals surface area contributed by atoms with Crippen molar-refractivity contribution in [2.24, 2.45) is 5.14 Å². The number of benzene rings is 2. The van der Waals surface area contributed by atoms with E-state index < -0.39 is 10.0 Å². The van der Waals surface area contributed by atoms with Crippen molar-refractivity contribution < 1.29 is 13.2 Å². The maximum Gasteiger partial charge on any atom is 0.319 e. The second-order valence-corrected chi connectivity index (χ2v) is 8.28. The number of amides is 2. The molecule has 0 spiro atoms. The lowest BCUT2D eigenvalue weighted by Gasteiger charge is -2.10. The van der Waals surface area contributed by atoms with Gasteiger partial charge in [-0.25, -0.2) is 18.4 Å². The Morgan fingerprint density at radius 1 is 1.08 bits per heavy atom. The van der Waals surface area contributed by atoms with Crippen LogP contribution in [-0.4, -0.2) is 21.0 Å². The highest BCUT2D eigenvalue weighted by atomic mass is 79.9. The van der Waals surface area contributed by atoms with E-state index in [4.69, 9.17) is 5.14 Å². The summed E-state index contributed by atoms with van der Waals surface area (Å²) >= 11 is 6.71. The molecule has 0 aliphatic rings. The number of anilines is 1. The van der Waals surface area contributed by atoms with Crippen LogP contribution in [-0.2, 0) is 16.4 Å². The van der Waals surface area contributed by atoms with Gasteiger partial charge >= 0.3 is 6.03 Å². The quantitative estimate of drug-likeness (QED) is 0.617. The zero-order valence-electron chi connectivity index (χ0n) is 12.4. The van der Waals surface area contributed by atoms with Gasteiger partial charge in [-0.05, 0) is 58.2 Å². The Balaban J connectivity index is 1.85. The maximum atomic E-state index is 11.9. The molecule has 2 amide bonds. The second-order valence-electron chi connectivity index (χ2n) is 4.94. The van der Waals surface area contributed by atoms with Gasteiger partial charge in [0.2, 0.25) is 10.0 Å². The summed E-state index contributed by atoms with van der Waals surface area (Å²) in [4.78, 5) is 12.0. The third-order valence-electron chi connectivity index (χ3n) is 3.13. The molecule has 0 fully saturated rings. The Bertz CT molecular complexity index is 840. The van der Waals surface area contributed by atoms with Crippen molar-refractivity contribution in [1.82, 2.24) is 5.32 Å². The Morgan fingerprint density at radius 3 is 2.38 bits per heavy atom. The van der Waals surface area contributed by atoms with Gasteiger partial charge in [0.25, 0.3) is 0 Å². The van der Waals surface area contributed by atoms with Crippen LogP contribution in [0.3, 0.4) is 0 Å². The topological polar surface area (TPSA) is 101 Å². The van der Waals surface area contributed by atoms with Crippen LogP contribution in [0.25, 0.3) is 0 Å². The lowest BCUT2D eigenvalue weighted by atomic mass is 10.1. The fraction of sp³-hybridized carbons (Fsp3) is 0.133. The molecule has 6 nitrogen and oxygen atoms in total. The molecule has 4 N–H and O–H groups in total. The number of urea groups is 1. The molecular weight excluding hydrogens is 462 g/mol. The van der Waals surface area contributed by atoms with Crippen LogP contribution in [0.5, 0.6) is 0 Å². The summed E-state index contributed by atoms with van der Waals surface area (Å²) < 4.78 is 24.0. The number of rotatable bonds is 5. The first-order valence-corrected chi connectivity index (χ1v) is 10.0. The average Bonchev–Trinajstić information content (AvgIpc) is 2.50. The summed E-state index contributed by atoms with van der Waals surface area (Å²) in [5.74, 6) is 0. The molecule has 0 unspecified atom stereocenters. The Labute approximate surface area is 157 Å². The van der Waals surface area contributed by atoms with Crippen molar-refractivity contribution in [3.63, 3.8) is 0 Å². The molecule has 2 aromatic carbocycles. The standard InChI is InChI=1S/C15H15Br2N3O3S/c16-11-3-6-13(17)14(9-11)20-15(21)19-8-7-10-1-4-12(5-2-10)24(18,22)23/h1-6,9H,7-8H2,(H2,18,22,23)(H2,19,20,21). The first-order valence-electron chi connectivity index (χ1n) is 6.87. The van der Waals surface area contributed by atoms with Crippen molar-refractivity contribution in [1.29, 1.82) is 0 Å². The van der Waals surface area contributed by atoms with Gasteiger partial charge in [-0.1, -0.05) is 28.1 Å². The van der Waals surface area contributed by atoms with Crippen LogP contribution >= 0.6 is 31.9 Å². The number of hydrogen-bond donors (Lipinski definition) is 3. The van der Waals surface area contributed by atoms with Crippen LogP contribution in [0.1, 0.15) is 5.56 Å². The van der Waals surface area contributed by atoms with Crippen molar-refractivity contribution in [3.05, 3.63) is 57.0 Å². The fourth-order valence-corrected chi connectivity index (χ4v) is 3.15. The molecular formula is C15H15Br2N3O3S. The highest BCUT2D eigenvalue weighted by Gasteiger charge is 2.08. The zero-order valence-corrected chi connectivity index (χ0v) is 16.4. The lowest BCUT2D eigenvalue weighted by Crippen LogP contribution is -2.30. The summed E-state index contributed by atoms with van der Waals surface area (Å²) in [6.45, 7) is 0.409. The van der Waals surface area contributed by atoms with Gasteiger partial charge in [-0.2, -0.15) is 0 Å². The zero-order chi connectivity index (χ0) is 17.7. The largest absolute Gasteiger partial charge is 0.338 e. The predicted octanol–water partition coefficient (Wildman–Crippen LogP) is 3.22. The van der Waals surface area contributed by atoms with Gasteiger partial charge in [-0.3, -0.25) is 0 Å². The van der Waals surface area contributed by atoms with E-state index in [1.807, 2.05) is 12.1 Å². The van der Waals surface area contributed by atoms with Crippen LogP contribution in [0.4, 0.5) is 10.5 Å². The summed E-state index contributed by atoms with van der Waals surface area (Å²) in [6.07, 6.45) is 0.567. The SMILES string of the molecule is NS(=O)(=O)c1ccc(CCNC(=O)Nc2cc(Br)ccc2Br)cc1. The van der Waals surface area contributed by atoms with E-state index in [0.717, 1.165) is 14.5 Å². The van der Waals surface area contributed by atoms with Crippen LogP contribution in [0, 0.1) is 0 Å². The highest BCUT2D eigenvalue weighted by molar-refractivity contribution is 9.11. The van der Waals surface area contributed by atoms with E-state index in [0.29, 0.717) is 18.7 Å². The van der Waals surface area contributed by atoms with Crippen LogP contribution in [0.15, 0.2) is 56.3 Å². The van der Waals surface area contributed by atoms with Crippen LogP contribution in [0.2, 0.25) is 0 Å². The number of hydrogen-bond acceptors (Lipinski definition) is 3. The molecule has 0 radical (unpaired) electrons. The van der Waals surface area contributed by atoms with E-state index in [2.05, 4.69) is 42.5 Å². The van der Waals surface area contributed by atoms with Crippen molar-refractivity contribution in [3.8, 4) is 0 Å². The summed E-state index contributed by atoms with van der Waals surface area (Å²) in [6, 6.07) is 11.4. The molecule has 0 bridgehead atoms. The summed E-state index contributed by atoms with van der Waals surface area (Å²) in [5.41, 5.74) is 1.55. The Kier molecular flexibility index (Phi) is 6.39. The van der Waals surface area contributed by atoms with Crippen molar-refractivity contribution >= 4 is 53.6 Å². The van der Waals surface area contributed by atoms with Gasteiger partial charge < -0.3 is 10.6 Å². The lowest BCUT2D eigenvalue weighted by molar-refractivity contribution is 0.252. The van der Waals surface area contributed by atoms with Gasteiger partial charge in [0, 0.05) is 15.5 Å². The molecule has 0 aliphatic heterocycles. The molecule has 2 rings (SSSR count). The van der Waals surface area contributed by atoms with Gasteiger partial charge in [0.05, 0.1) is 10.6 Å². The first kappa shape index (κ1) is 18.9. The number of halogens is 2. The highest BCUT2D eigenvalue weighted by Crippen LogP contribution is 2.25. The van der Waals surface area contributed by atoms with E-state index in [1.54, 1.807) is 18.2 Å². The summed E-state index contributed by atoms with van der Waals surface area (Å²) in [5, 5.41) is 10.5. The number of nitrogens with two attached hydrogens (primary N) is 1. The molecule has 0 aromatic heterocycles. The summed E-state index contributed by atoms with van der Waals surface area (Å²) in [7, 11) is -3.68. The van der Waals surface area contributed by atoms with Gasteiger partial charge in [0.1, 0.15) is 0 Å². The molecule has 0 heterocycles. The predicted molar refractivity (Wildman–Crippen MR) is 100 cm³/mol. The molecule has 2 aromatic rings. The molecule has 0 atom stereocenters.